The molecule has 0 spiro atoms. The lowest BCUT2D eigenvalue weighted by molar-refractivity contribution is -0.138. The molecule has 31 heavy (non-hydrogen) atoms. The number of halogens is 3. The predicted octanol–water partition coefficient (Wildman–Crippen LogP) is 3.68. The monoisotopic (exact) mass is 451 g/mol. The van der Waals surface area contributed by atoms with Crippen molar-refractivity contribution in [3.63, 3.8) is 0 Å². The van der Waals surface area contributed by atoms with Crippen LogP contribution in [0.2, 0.25) is 0 Å². The molecule has 0 aromatic heterocycles. The number of carboxylic acids is 1. The fourth-order valence-corrected chi connectivity index (χ4v) is 3.46. The summed E-state index contributed by atoms with van der Waals surface area (Å²) in [5.74, 6) is -1.03. The van der Waals surface area contributed by atoms with E-state index < -0.39 is 28.9 Å². The number of carbonyl (C=O) groups excluding carboxylic acids is 1. The number of thioether (sulfide) groups is 1. The SMILES string of the molecule is O=C(O)CC1SC(=NN=Cc2ccc(OCc3cccc(C(F)(F)F)c3)cc2)NC1=O. The van der Waals surface area contributed by atoms with Crippen molar-refractivity contribution in [1.82, 2.24) is 5.32 Å². The summed E-state index contributed by atoms with van der Waals surface area (Å²) in [6.45, 7) is -0.0144. The Hall–Kier alpha value is -3.34. The number of alkyl halides is 3. The zero-order chi connectivity index (χ0) is 22.4. The van der Waals surface area contributed by atoms with Gasteiger partial charge in [-0.25, -0.2) is 0 Å². The molecule has 11 heteroatoms. The number of nitrogens with zero attached hydrogens (tertiary/aromatic N) is 2. The van der Waals surface area contributed by atoms with Gasteiger partial charge in [0.25, 0.3) is 0 Å². The Morgan fingerprint density at radius 1 is 1.23 bits per heavy atom. The first kappa shape index (κ1) is 22.3. The van der Waals surface area contributed by atoms with Gasteiger partial charge in [-0.1, -0.05) is 23.9 Å². The van der Waals surface area contributed by atoms with Crippen molar-refractivity contribution in [3.8, 4) is 5.75 Å². The van der Waals surface area contributed by atoms with E-state index >= 15 is 0 Å². The predicted molar refractivity (Wildman–Crippen MR) is 109 cm³/mol. The second kappa shape index (κ2) is 9.65. The third-order valence-electron chi connectivity index (χ3n) is 4.03. The van der Waals surface area contributed by atoms with Crippen molar-refractivity contribution in [2.24, 2.45) is 10.2 Å². The average molecular weight is 451 g/mol. The number of hydrogen-bond donors (Lipinski definition) is 2. The Balaban J connectivity index is 1.54. The maximum atomic E-state index is 12.8. The number of ether oxygens (including phenoxy) is 1. The number of amides is 1. The maximum absolute atomic E-state index is 12.8. The van der Waals surface area contributed by atoms with Crippen molar-refractivity contribution in [1.29, 1.82) is 0 Å². The minimum atomic E-state index is -4.41. The number of amidine groups is 1. The Morgan fingerprint density at radius 3 is 2.65 bits per heavy atom. The molecule has 1 saturated heterocycles. The van der Waals surface area contributed by atoms with Gasteiger partial charge < -0.3 is 15.2 Å². The van der Waals surface area contributed by atoms with E-state index in [4.69, 9.17) is 9.84 Å². The minimum absolute atomic E-state index is 0.0144. The highest BCUT2D eigenvalue weighted by Crippen LogP contribution is 2.29. The lowest BCUT2D eigenvalue weighted by Gasteiger charge is -2.10. The number of hydrogen-bond acceptors (Lipinski definition) is 6. The van der Waals surface area contributed by atoms with E-state index in [1.54, 1.807) is 30.3 Å². The normalized spacial score (nSPS) is 17.8. The number of aliphatic carboxylic acids is 1. The number of benzene rings is 2. The van der Waals surface area contributed by atoms with Crippen LogP contribution in [0.25, 0.3) is 0 Å². The maximum Gasteiger partial charge on any atom is 0.416 e. The van der Waals surface area contributed by atoms with Gasteiger partial charge >= 0.3 is 12.1 Å². The molecular formula is C20H16F3N3O4S. The standard InChI is InChI=1S/C20H16F3N3O4S/c21-20(22,23)14-3-1-2-13(8-14)11-30-15-6-4-12(5-7-15)10-24-26-19-25-18(29)16(31-19)9-17(27)28/h1-8,10,16H,9,11H2,(H,27,28)(H,25,26,29). The van der Waals surface area contributed by atoms with Crippen molar-refractivity contribution in [2.45, 2.75) is 24.5 Å². The lowest BCUT2D eigenvalue weighted by Crippen LogP contribution is -2.26. The largest absolute Gasteiger partial charge is 0.489 e. The van der Waals surface area contributed by atoms with Gasteiger partial charge in [-0.2, -0.15) is 18.3 Å². The van der Waals surface area contributed by atoms with Crippen LogP contribution in [0.4, 0.5) is 13.2 Å². The number of rotatable bonds is 7. The highest BCUT2D eigenvalue weighted by molar-refractivity contribution is 8.15. The molecule has 162 valence electrons. The van der Waals surface area contributed by atoms with Gasteiger partial charge in [0.1, 0.15) is 17.6 Å². The van der Waals surface area contributed by atoms with Gasteiger partial charge in [0.2, 0.25) is 5.91 Å². The van der Waals surface area contributed by atoms with E-state index in [2.05, 4.69) is 15.5 Å². The molecule has 2 aromatic rings. The Labute approximate surface area is 179 Å². The molecule has 7 nitrogen and oxygen atoms in total. The molecule has 1 atom stereocenters. The zero-order valence-corrected chi connectivity index (χ0v) is 16.6. The first-order chi connectivity index (χ1) is 14.7. The van der Waals surface area contributed by atoms with E-state index in [0.717, 1.165) is 23.9 Å². The van der Waals surface area contributed by atoms with Crippen molar-refractivity contribution in [2.75, 3.05) is 0 Å². The van der Waals surface area contributed by atoms with Crippen LogP contribution in [0, 0.1) is 0 Å². The molecule has 1 heterocycles. The molecule has 0 bridgehead atoms. The van der Waals surface area contributed by atoms with E-state index in [-0.39, 0.29) is 18.2 Å². The molecule has 1 aliphatic heterocycles. The summed E-state index contributed by atoms with van der Waals surface area (Å²) in [6.07, 6.45) is -3.28. The van der Waals surface area contributed by atoms with E-state index in [9.17, 15) is 22.8 Å². The summed E-state index contributed by atoms with van der Waals surface area (Å²) >= 11 is 0.996. The quantitative estimate of drug-likeness (QED) is 0.494. The van der Waals surface area contributed by atoms with Crippen molar-refractivity contribution >= 4 is 35.0 Å². The molecular weight excluding hydrogens is 435 g/mol. The smallest absolute Gasteiger partial charge is 0.416 e. The first-order valence-corrected chi connectivity index (χ1v) is 9.78. The molecule has 1 aliphatic rings. The van der Waals surface area contributed by atoms with Crippen LogP contribution >= 0.6 is 11.8 Å². The van der Waals surface area contributed by atoms with Gasteiger partial charge in [-0.3, -0.25) is 9.59 Å². The lowest BCUT2D eigenvalue weighted by atomic mass is 10.1. The molecule has 0 radical (unpaired) electrons. The van der Waals surface area contributed by atoms with E-state index in [1.165, 1.54) is 12.3 Å². The summed E-state index contributed by atoms with van der Waals surface area (Å²) in [6, 6.07) is 11.6. The van der Waals surface area contributed by atoms with Crippen LogP contribution in [0.5, 0.6) is 5.75 Å². The molecule has 3 rings (SSSR count). The summed E-state index contributed by atoms with van der Waals surface area (Å²) in [4.78, 5) is 22.3. The highest BCUT2D eigenvalue weighted by atomic mass is 32.2. The summed E-state index contributed by atoms with van der Waals surface area (Å²) < 4.78 is 43.8. The fraction of sp³-hybridized carbons (Fsp3) is 0.200. The second-order valence-corrected chi connectivity index (χ2v) is 7.59. The van der Waals surface area contributed by atoms with Gasteiger partial charge in [0.15, 0.2) is 5.17 Å². The number of nitrogens with one attached hydrogen (secondary N) is 1. The Morgan fingerprint density at radius 2 is 1.97 bits per heavy atom. The molecule has 2 aromatic carbocycles. The van der Waals surface area contributed by atoms with E-state index in [1.807, 2.05) is 0 Å². The molecule has 1 amide bonds. The second-order valence-electron chi connectivity index (χ2n) is 6.40. The molecule has 1 fully saturated rings. The third-order valence-corrected chi connectivity index (χ3v) is 5.10. The van der Waals surface area contributed by atoms with Crippen LogP contribution in [0.3, 0.4) is 0 Å². The molecule has 0 saturated carbocycles. The zero-order valence-electron chi connectivity index (χ0n) is 15.8. The Kier molecular flexibility index (Phi) is 6.95. The molecule has 0 aliphatic carbocycles. The average Bonchev–Trinajstić information content (AvgIpc) is 3.05. The number of carboxylic acid groups (broad SMARTS) is 1. The van der Waals surface area contributed by atoms with Gasteiger partial charge in [-0.15, -0.1) is 5.10 Å². The minimum Gasteiger partial charge on any atom is -0.489 e. The topological polar surface area (TPSA) is 100 Å². The van der Waals surface area contributed by atoms with Crippen LogP contribution in [-0.2, 0) is 22.4 Å². The molecule has 1 unspecified atom stereocenters. The van der Waals surface area contributed by atoms with Crippen LogP contribution in [-0.4, -0.2) is 33.6 Å². The third kappa shape index (κ3) is 6.57. The first-order valence-electron chi connectivity index (χ1n) is 8.90. The van der Waals surface area contributed by atoms with E-state index in [0.29, 0.717) is 16.9 Å². The van der Waals surface area contributed by atoms with Crippen molar-refractivity contribution < 1.29 is 32.6 Å². The number of carbonyl (C=O) groups is 2. The van der Waals surface area contributed by atoms with Crippen LogP contribution in [0.15, 0.2) is 58.7 Å². The Bertz CT molecular complexity index is 1020. The summed E-state index contributed by atoms with van der Waals surface area (Å²) in [5.41, 5.74) is 0.341. The molecule has 2 N–H and O–H groups in total. The summed E-state index contributed by atoms with van der Waals surface area (Å²) in [7, 11) is 0. The van der Waals surface area contributed by atoms with Crippen LogP contribution < -0.4 is 10.1 Å². The highest BCUT2D eigenvalue weighted by Gasteiger charge is 2.32. The van der Waals surface area contributed by atoms with Crippen molar-refractivity contribution in [3.05, 3.63) is 65.2 Å². The summed E-state index contributed by atoms with van der Waals surface area (Å²) in [5, 5.41) is 18.4. The van der Waals surface area contributed by atoms with Crippen LogP contribution in [0.1, 0.15) is 23.1 Å². The fourth-order valence-electron chi connectivity index (χ4n) is 2.55. The van der Waals surface area contributed by atoms with Gasteiger partial charge in [-0.05, 0) is 47.5 Å². The van der Waals surface area contributed by atoms with Gasteiger partial charge in [0.05, 0.1) is 18.2 Å². The van der Waals surface area contributed by atoms with Gasteiger partial charge in [0, 0.05) is 0 Å².